The van der Waals surface area contributed by atoms with E-state index in [1.165, 1.54) is 7.11 Å². The Morgan fingerprint density at radius 3 is 2.59 bits per heavy atom. The molecule has 1 rings (SSSR count). The molecule has 1 amide bonds. The van der Waals surface area contributed by atoms with Gasteiger partial charge in [-0.3, -0.25) is 4.79 Å². The Morgan fingerprint density at radius 2 is 2.18 bits per heavy atom. The molecule has 2 N–H and O–H groups in total. The quantitative estimate of drug-likeness (QED) is 0.558. The smallest absolute Gasteiger partial charge is 0.260 e. The van der Waals surface area contributed by atoms with Crippen molar-refractivity contribution in [2.45, 2.75) is 27.7 Å². The van der Waals surface area contributed by atoms with Crippen molar-refractivity contribution >= 4 is 17.3 Å². The Labute approximate surface area is 101 Å². The van der Waals surface area contributed by atoms with E-state index in [-0.39, 0.29) is 17.9 Å². The lowest BCUT2D eigenvalue weighted by Gasteiger charge is -2.31. The molecule has 1 unspecified atom stereocenters. The summed E-state index contributed by atoms with van der Waals surface area (Å²) < 4.78 is 0. The van der Waals surface area contributed by atoms with Crippen molar-refractivity contribution in [1.82, 2.24) is 5.43 Å². The zero-order valence-corrected chi connectivity index (χ0v) is 10.9. The molecule has 96 valence electrons. The molecular formula is C11H19N3O3. The topological polar surface area (TPSA) is 83.3 Å². The third-order valence-electron chi connectivity index (χ3n) is 2.85. The molecule has 0 fully saturated rings. The van der Waals surface area contributed by atoms with Gasteiger partial charge in [0.2, 0.25) is 0 Å². The van der Waals surface area contributed by atoms with Gasteiger partial charge in [0, 0.05) is 5.41 Å². The van der Waals surface area contributed by atoms with Gasteiger partial charge < -0.3 is 9.94 Å². The highest BCUT2D eigenvalue weighted by Crippen LogP contribution is 2.35. The molecule has 0 saturated heterocycles. The lowest BCUT2D eigenvalue weighted by molar-refractivity contribution is -0.125. The summed E-state index contributed by atoms with van der Waals surface area (Å²) in [5, 5.41) is 17.5. The van der Waals surface area contributed by atoms with Crippen molar-refractivity contribution in [2.75, 3.05) is 13.7 Å². The van der Waals surface area contributed by atoms with Crippen molar-refractivity contribution in [2.24, 2.45) is 21.1 Å². The van der Waals surface area contributed by atoms with Crippen LogP contribution in [0.15, 0.2) is 10.3 Å². The third kappa shape index (κ3) is 2.04. The first kappa shape index (κ1) is 13.6. The molecule has 0 spiro atoms. The van der Waals surface area contributed by atoms with Crippen molar-refractivity contribution in [3.05, 3.63) is 0 Å². The van der Waals surface area contributed by atoms with Crippen LogP contribution in [0.2, 0.25) is 0 Å². The average molecular weight is 241 g/mol. The largest absolute Gasteiger partial charge is 0.399 e. The number of rotatable bonds is 3. The second kappa shape index (κ2) is 4.44. The highest BCUT2D eigenvalue weighted by atomic mass is 16.6. The maximum Gasteiger partial charge on any atom is 0.260 e. The van der Waals surface area contributed by atoms with Gasteiger partial charge in [0.05, 0.1) is 18.0 Å². The molecule has 1 heterocycles. The van der Waals surface area contributed by atoms with Crippen molar-refractivity contribution < 1.29 is 14.7 Å². The fraction of sp³-hybridized carbons (Fsp3) is 0.727. The molecule has 6 heteroatoms. The summed E-state index contributed by atoms with van der Waals surface area (Å²) in [5.41, 5.74) is 1.80. The first-order valence-corrected chi connectivity index (χ1v) is 5.39. The van der Waals surface area contributed by atoms with Crippen molar-refractivity contribution in [3.63, 3.8) is 0 Å². The van der Waals surface area contributed by atoms with E-state index in [4.69, 9.17) is 4.84 Å². The van der Waals surface area contributed by atoms with E-state index in [9.17, 15) is 9.90 Å². The average Bonchev–Trinajstić information content (AvgIpc) is 2.56. The van der Waals surface area contributed by atoms with E-state index < -0.39 is 5.41 Å². The molecule has 1 aliphatic heterocycles. The first-order valence-electron chi connectivity index (χ1n) is 5.39. The van der Waals surface area contributed by atoms with Crippen LogP contribution < -0.4 is 5.43 Å². The van der Waals surface area contributed by atoms with Crippen LogP contribution in [-0.4, -0.2) is 36.2 Å². The number of carbonyl (C=O) groups excluding carboxylic acids is 1. The summed E-state index contributed by atoms with van der Waals surface area (Å²) in [6.07, 6.45) is 0. The fourth-order valence-corrected chi connectivity index (χ4v) is 2.02. The Balaban J connectivity index is 3.34. The summed E-state index contributed by atoms with van der Waals surface area (Å²) in [4.78, 5) is 16.7. The van der Waals surface area contributed by atoms with E-state index >= 15 is 0 Å². The van der Waals surface area contributed by atoms with Crippen LogP contribution >= 0.6 is 0 Å². The molecular weight excluding hydrogens is 222 g/mol. The number of aliphatic hydroxyl groups is 1. The fourth-order valence-electron chi connectivity index (χ4n) is 2.02. The van der Waals surface area contributed by atoms with Crippen LogP contribution in [0.4, 0.5) is 0 Å². The summed E-state index contributed by atoms with van der Waals surface area (Å²) in [6, 6.07) is 0. The zero-order chi connectivity index (χ0) is 13.3. The number of aliphatic hydroxyl groups excluding tert-OH is 1. The molecule has 1 aliphatic rings. The second-order valence-corrected chi connectivity index (χ2v) is 5.07. The van der Waals surface area contributed by atoms with E-state index in [2.05, 4.69) is 15.7 Å². The number of hydrogen-bond acceptors (Lipinski definition) is 5. The van der Waals surface area contributed by atoms with Crippen molar-refractivity contribution in [1.29, 1.82) is 0 Å². The maximum atomic E-state index is 12.0. The normalized spacial score (nSPS) is 25.6. The number of nitrogens with zero attached hydrogens (tertiary/aromatic N) is 2. The van der Waals surface area contributed by atoms with Crippen LogP contribution in [0.25, 0.3) is 0 Å². The third-order valence-corrected chi connectivity index (χ3v) is 2.85. The van der Waals surface area contributed by atoms with Gasteiger partial charge in [0.1, 0.15) is 7.11 Å². The Kier molecular flexibility index (Phi) is 3.56. The molecule has 0 radical (unpaired) electrons. The number of hydrogen-bond donors (Lipinski definition) is 2. The van der Waals surface area contributed by atoms with Crippen molar-refractivity contribution in [3.8, 4) is 0 Å². The highest BCUT2D eigenvalue weighted by Gasteiger charge is 2.53. The van der Waals surface area contributed by atoms with Gasteiger partial charge in [-0.1, -0.05) is 25.9 Å². The van der Waals surface area contributed by atoms with Gasteiger partial charge in [0.15, 0.2) is 5.41 Å². The van der Waals surface area contributed by atoms with Gasteiger partial charge in [-0.2, -0.15) is 5.10 Å². The molecule has 6 nitrogen and oxygen atoms in total. The molecule has 0 aromatic rings. The van der Waals surface area contributed by atoms with Crippen LogP contribution in [0.5, 0.6) is 0 Å². The number of nitrogens with one attached hydrogen (secondary N) is 1. The zero-order valence-electron chi connectivity index (χ0n) is 10.9. The number of carbonyl (C=O) groups is 1. The lowest BCUT2D eigenvalue weighted by Crippen LogP contribution is -2.51. The second-order valence-electron chi connectivity index (χ2n) is 5.07. The van der Waals surface area contributed by atoms with E-state index in [0.717, 1.165) is 0 Å². The van der Waals surface area contributed by atoms with Crippen LogP contribution in [-0.2, 0) is 9.63 Å². The molecule has 0 bridgehead atoms. The van der Waals surface area contributed by atoms with Gasteiger partial charge in [-0.15, -0.1) is 0 Å². The molecule has 0 saturated carbocycles. The molecule has 0 aromatic heterocycles. The van der Waals surface area contributed by atoms with E-state index in [1.807, 2.05) is 20.8 Å². The maximum absolute atomic E-state index is 12.0. The Bertz CT molecular complexity index is 382. The monoisotopic (exact) mass is 241 g/mol. The highest BCUT2D eigenvalue weighted by molar-refractivity contribution is 6.29. The van der Waals surface area contributed by atoms with Crippen LogP contribution in [0.1, 0.15) is 27.7 Å². The summed E-state index contributed by atoms with van der Waals surface area (Å²) in [6.45, 7) is 7.04. The lowest BCUT2D eigenvalue weighted by atomic mass is 9.69. The Morgan fingerprint density at radius 1 is 1.59 bits per heavy atom. The summed E-state index contributed by atoms with van der Waals surface area (Å²) >= 11 is 0. The molecule has 1 atom stereocenters. The number of amides is 1. The summed E-state index contributed by atoms with van der Waals surface area (Å²) in [7, 11) is 1.40. The van der Waals surface area contributed by atoms with Crippen LogP contribution in [0.3, 0.4) is 0 Å². The van der Waals surface area contributed by atoms with E-state index in [0.29, 0.717) is 11.4 Å². The van der Waals surface area contributed by atoms with Crippen LogP contribution in [0, 0.1) is 10.8 Å². The minimum atomic E-state index is -1.21. The minimum absolute atomic E-state index is 0.355. The first-order chi connectivity index (χ1) is 7.80. The number of hydrazone groups is 1. The molecule has 17 heavy (non-hydrogen) atoms. The van der Waals surface area contributed by atoms with Gasteiger partial charge in [-0.05, 0) is 6.92 Å². The van der Waals surface area contributed by atoms with Gasteiger partial charge >= 0.3 is 0 Å². The standard InChI is InChI=1S/C11H19N3O3/c1-7(14-17-5)11(6-15)8(10(2,3)4)12-13-9(11)16/h15H,6H2,1-5H3,(H,13,16)/b14-7+. The summed E-state index contributed by atoms with van der Waals surface area (Å²) in [5.74, 6) is -0.372. The Hall–Kier alpha value is -1.43. The number of oxime groups is 1. The predicted molar refractivity (Wildman–Crippen MR) is 64.7 cm³/mol. The minimum Gasteiger partial charge on any atom is -0.399 e. The SMILES string of the molecule is CO/N=C(\C)C1(CO)C(=O)NN=C1C(C)(C)C. The van der Waals surface area contributed by atoms with Gasteiger partial charge in [-0.25, -0.2) is 5.43 Å². The predicted octanol–water partition coefficient (Wildman–Crippen LogP) is 0.519. The molecule has 0 aliphatic carbocycles. The van der Waals surface area contributed by atoms with Gasteiger partial charge in [0.25, 0.3) is 5.91 Å². The molecule has 0 aromatic carbocycles. The van der Waals surface area contributed by atoms with E-state index in [1.54, 1.807) is 6.92 Å².